The Hall–Kier alpha value is -1.84. The van der Waals surface area contributed by atoms with Gasteiger partial charge in [-0.3, -0.25) is 4.79 Å². The first-order valence-corrected chi connectivity index (χ1v) is 5.94. The molecule has 0 saturated carbocycles. The van der Waals surface area contributed by atoms with Gasteiger partial charge in [0.25, 0.3) is 5.78 Å². The van der Waals surface area contributed by atoms with Crippen LogP contribution in [0.2, 0.25) is 0 Å². The van der Waals surface area contributed by atoms with E-state index in [1.165, 1.54) is 0 Å². The lowest BCUT2D eigenvalue weighted by Crippen LogP contribution is -2.18. The quantitative estimate of drug-likeness (QED) is 0.458. The molecule has 0 saturated heterocycles. The van der Waals surface area contributed by atoms with Crippen LogP contribution in [0, 0.1) is 6.92 Å². The lowest BCUT2D eigenvalue weighted by atomic mass is 10.0. The molecule has 0 amide bonds. The predicted molar refractivity (Wildman–Crippen MR) is 67.9 cm³/mol. The second-order valence-corrected chi connectivity index (χ2v) is 4.19. The second kappa shape index (κ2) is 6.19. The Morgan fingerprint density at radius 3 is 2.50 bits per heavy atom. The Morgan fingerprint density at radius 1 is 1.28 bits per heavy atom. The van der Waals surface area contributed by atoms with E-state index in [-0.39, 0.29) is 12.7 Å². The number of ketones is 1. The van der Waals surface area contributed by atoms with Gasteiger partial charge in [0.1, 0.15) is 5.75 Å². The molecule has 0 fully saturated rings. The summed E-state index contributed by atoms with van der Waals surface area (Å²) < 4.78 is 10.2. The normalized spacial score (nSPS) is 10.3. The van der Waals surface area contributed by atoms with Gasteiger partial charge in [0.2, 0.25) is 0 Å². The fourth-order valence-corrected chi connectivity index (χ4v) is 1.50. The molecule has 0 N–H and O–H groups in total. The van der Waals surface area contributed by atoms with Crippen LogP contribution >= 0.6 is 0 Å². The third kappa shape index (κ3) is 3.58. The smallest absolute Gasteiger partial charge is 0.379 e. The summed E-state index contributed by atoms with van der Waals surface area (Å²) in [5.41, 5.74) is 1.05. The Morgan fingerprint density at radius 2 is 1.94 bits per heavy atom. The highest BCUT2D eigenvalue weighted by Gasteiger charge is 2.20. The van der Waals surface area contributed by atoms with E-state index in [1.54, 1.807) is 32.0 Å². The van der Waals surface area contributed by atoms with Crippen molar-refractivity contribution in [2.75, 3.05) is 6.61 Å². The highest BCUT2D eigenvalue weighted by molar-refractivity contribution is 6.41. The summed E-state index contributed by atoms with van der Waals surface area (Å²) in [4.78, 5) is 23.3. The van der Waals surface area contributed by atoms with Crippen LogP contribution in [0.4, 0.5) is 0 Å². The summed E-state index contributed by atoms with van der Waals surface area (Å²) in [5.74, 6) is -0.894. The largest absolute Gasteiger partial charge is 0.491 e. The van der Waals surface area contributed by atoms with Gasteiger partial charge in [-0.2, -0.15) is 0 Å². The van der Waals surface area contributed by atoms with E-state index in [0.29, 0.717) is 11.3 Å². The molecule has 0 spiro atoms. The number of hydrogen-bond donors (Lipinski definition) is 0. The standard InChI is InChI=1S/C14H18O4/c1-5-17-14(16)13(15)12-8-11(18-9(2)3)7-6-10(12)4/h6-9H,5H2,1-4H3. The number of carbonyl (C=O) groups is 2. The van der Waals surface area contributed by atoms with Gasteiger partial charge in [-0.05, 0) is 45.4 Å². The average molecular weight is 250 g/mol. The zero-order valence-electron chi connectivity index (χ0n) is 11.1. The zero-order chi connectivity index (χ0) is 13.7. The van der Waals surface area contributed by atoms with Gasteiger partial charge in [0, 0.05) is 5.56 Å². The van der Waals surface area contributed by atoms with E-state index in [4.69, 9.17) is 9.47 Å². The summed E-state index contributed by atoms with van der Waals surface area (Å²) in [6.07, 6.45) is 0.0123. The van der Waals surface area contributed by atoms with Crippen LogP contribution in [-0.2, 0) is 9.53 Å². The fraction of sp³-hybridized carbons (Fsp3) is 0.429. The van der Waals surface area contributed by atoms with E-state index in [0.717, 1.165) is 5.56 Å². The Bertz CT molecular complexity index is 449. The number of carbonyl (C=O) groups excluding carboxylic acids is 2. The number of hydrogen-bond acceptors (Lipinski definition) is 4. The average Bonchev–Trinajstić information content (AvgIpc) is 2.30. The minimum atomic E-state index is -0.831. The minimum Gasteiger partial charge on any atom is -0.491 e. The molecule has 0 aliphatic rings. The van der Waals surface area contributed by atoms with Crippen molar-refractivity contribution >= 4 is 11.8 Å². The van der Waals surface area contributed by atoms with Gasteiger partial charge in [0.05, 0.1) is 12.7 Å². The molecule has 0 radical (unpaired) electrons. The first-order chi connectivity index (χ1) is 8.45. The molecule has 4 nitrogen and oxygen atoms in total. The Kier molecular flexibility index (Phi) is 4.89. The van der Waals surface area contributed by atoms with Gasteiger partial charge in [0.15, 0.2) is 0 Å². The van der Waals surface area contributed by atoms with Crippen molar-refractivity contribution in [1.29, 1.82) is 0 Å². The van der Waals surface area contributed by atoms with Crippen LogP contribution in [-0.4, -0.2) is 24.5 Å². The molecular weight excluding hydrogens is 232 g/mol. The molecule has 0 aromatic heterocycles. The van der Waals surface area contributed by atoms with E-state index < -0.39 is 11.8 Å². The van der Waals surface area contributed by atoms with Crippen molar-refractivity contribution in [2.45, 2.75) is 33.8 Å². The second-order valence-electron chi connectivity index (χ2n) is 4.19. The first-order valence-electron chi connectivity index (χ1n) is 5.94. The van der Waals surface area contributed by atoms with Gasteiger partial charge >= 0.3 is 5.97 Å². The third-order valence-electron chi connectivity index (χ3n) is 2.29. The highest BCUT2D eigenvalue weighted by atomic mass is 16.5. The van der Waals surface area contributed by atoms with Crippen molar-refractivity contribution < 1.29 is 19.1 Å². The molecular formula is C14H18O4. The third-order valence-corrected chi connectivity index (χ3v) is 2.29. The van der Waals surface area contributed by atoms with Crippen LogP contribution in [0.3, 0.4) is 0 Å². The minimum absolute atomic E-state index is 0.0123. The molecule has 18 heavy (non-hydrogen) atoms. The summed E-state index contributed by atoms with van der Waals surface area (Å²) in [7, 11) is 0. The maximum absolute atomic E-state index is 11.9. The SMILES string of the molecule is CCOC(=O)C(=O)c1cc(OC(C)C)ccc1C. The van der Waals surface area contributed by atoms with Crippen molar-refractivity contribution in [3.63, 3.8) is 0 Å². The zero-order valence-corrected chi connectivity index (χ0v) is 11.1. The molecule has 1 rings (SSSR count). The topological polar surface area (TPSA) is 52.6 Å². The maximum Gasteiger partial charge on any atom is 0.379 e. The summed E-state index contributed by atoms with van der Waals surface area (Å²) in [6.45, 7) is 7.41. The summed E-state index contributed by atoms with van der Waals surface area (Å²) in [6, 6.07) is 5.11. The molecule has 0 unspecified atom stereocenters. The highest BCUT2D eigenvalue weighted by Crippen LogP contribution is 2.19. The van der Waals surface area contributed by atoms with Crippen LogP contribution in [0.1, 0.15) is 36.7 Å². The predicted octanol–water partition coefficient (Wildman–Crippen LogP) is 2.53. The van der Waals surface area contributed by atoms with Gasteiger partial charge in [-0.1, -0.05) is 6.07 Å². The number of ether oxygens (including phenoxy) is 2. The molecule has 0 atom stereocenters. The Balaban J connectivity index is 3.00. The number of Topliss-reactive ketones (excluding diaryl/α,β-unsaturated/α-hetero) is 1. The summed E-state index contributed by atoms with van der Waals surface area (Å²) in [5, 5.41) is 0. The van der Waals surface area contributed by atoms with Crippen LogP contribution in [0.15, 0.2) is 18.2 Å². The molecule has 98 valence electrons. The first kappa shape index (κ1) is 14.2. The number of esters is 1. The molecule has 0 bridgehead atoms. The fourth-order valence-electron chi connectivity index (χ4n) is 1.50. The number of rotatable bonds is 5. The van der Waals surface area contributed by atoms with Crippen molar-refractivity contribution in [2.24, 2.45) is 0 Å². The lowest BCUT2D eigenvalue weighted by Gasteiger charge is -2.12. The van der Waals surface area contributed by atoms with Gasteiger partial charge < -0.3 is 9.47 Å². The molecule has 1 aromatic carbocycles. The molecule has 0 aliphatic carbocycles. The van der Waals surface area contributed by atoms with Crippen LogP contribution < -0.4 is 4.74 Å². The van der Waals surface area contributed by atoms with Crippen molar-refractivity contribution in [3.05, 3.63) is 29.3 Å². The van der Waals surface area contributed by atoms with E-state index in [1.807, 2.05) is 13.8 Å². The molecule has 0 aliphatic heterocycles. The number of aryl methyl sites for hydroxylation is 1. The van der Waals surface area contributed by atoms with E-state index in [2.05, 4.69) is 0 Å². The maximum atomic E-state index is 11.9. The summed E-state index contributed by atoms with van der Waals surface area (Å²) >= 11 is 0. The number of benzene rings is 1. The molecule has 0 heterocycles. The molecule has 4 heteroatoms. The van der Waals surface area contributed by atoms with Gasteiger partial charge in [-0.25, -0.2) is 4.79 Å². The monoisotopic (exact) mass is 250 g/mol. The van der Waals surface area contributed by atoms with Crippen molar-refractivity contribution in [1.82, 2.24) is 0 Å². The van der Waals surface area contributed by atoms with Gasteiger partial charge in [-0.15, -0.1) is 0 Å². The van der Waals surface area contributed by atoms with Crippen LogP contribution in [0.25, 0.3) is 0 Å². The lowest BCUT2D eigenvalue weighted by molar-refractivity contribution is -0.137. The van der Waals surface area contributed by atoms with E-state index in [9.17, 15) is 9.59 Å². The molecule has 1 aromatic rings. The Labute approximate surface area is 107 Å². The van der Waals surface area contributed by atoms with Crippen LogP contribution in [0.5, 0.6) is 5.75 Å². The van der Waals surface area contributed by atoms with Crippen molar-refractivity contribution in [3.8, 4) is 5.75 Å². The van der Waals surface area contributed by atoms with E-state index >= 15 is 0 Å².